The minimum atomic E-state index is -0.214. The summed E-state index contributed by atoms with van der Waals surface area (Å²) in [6.07, 6.45) is 5.37. The molecule has 1 aliphatic heterocycles. The molecule has 0 unspecified atom stereocenters. The van der Waals surface area contributed by atoms with Crippen LogP contribution in [0.15, 0.2) is 10.9 Å². The van der Waals surface area contributed by atoms with Gasteiger partial charge in [0.05, 0.1) is 0 Å². The highest BCUT2D eigenvalue weighted by Gasteiger charge is 2.22. The van der Waals surface area contributed by atoms with Gasteiger partial charge in [-0.3, -0.25) is 9.59 Å². The van der Waals surface area contributed by atoms with Crippen molar-refractivity contribution in [3.8, 4) is 0 Å². The van der Waals surface area contributed by atoms with Crippen LogP contribution >= 0.6 is 11.8 Å². The molecule has 1 amide bonds. The van der Waals surface area contributed by atoms with Gasteiger partial charge in [0.25, 0.3) is 11.5 Å². The number of rotatable bonds is 1. The second-order valence-corrected chi connectivity index (χ2v) is 6.71. The van der Waals surface area contributed by atoms with Gasteiger partial charge in [-0.25, -0.2) is 0 Å². The number of hydrogen-bond acceptors (Lipinski definition) is 3. The Bertz CT molecular complexity index is 561. The number of H-pyrrole nitrogens is 1. The molecule has 5 heteroatoms. The van der Waals surface area contributed by atoms with Gasteiger partial charge in [-0.05, 0) is 37.3 Å². The minimum Gasteiger partial charge on any atom is -0.337 e. The highest BCUT2D eigenvalue weighted by atomic mass is 32.2. The summed E-state index contributed by atoms with van der Waals surface area (Å²) in [5.74, 6) is 1.84. The summed E-state index contributed by atoms with van der Waals surface area (Å²) in [7, 11) is 0. The van der Waals surface area contributed by atoms with Crippen LogP contribution in [0.3, 0.4) is 0 Å². The van der Waals surface area contributed by atoms with Crippen LogP contribution in [-0.2, 0) is 12.8 Å². The van der Waals surface area contributed by atoms with Crippen LogP contribution in [0, 0.1) is 0 Å². The van der Waals surface area contributed by atoms with E-state index in [0.29, 0.717) is 5.56 Å². The van der Waals surface area contributed by atoms with E-state index < -0.39 is 0 Å². The van der Waals surface area contributed by atoms with Crippen molar-refractivity contribution in [3.05, 3.63) is 33.2 Å². The van der Waals surface area contributed by atoms with Crippen LogP contribution in [0.2, 0.25) is 0 Å². The molecule has 20 heavy (non-hydrogen) atoms. The predicted octanol–water partition coefficient (Wildman–Crippen LogP) is 1.83. The third-order valence-electron chi connectivity index (χ3n) is 4.12. The SMILES string of the molecule is O=C(c1cc2c([nH]c1=O)CCCCC2)N1CCSCC1. The molecule has 0 radical (unpaired) electrons. The van der Waals surface area contributed by atoms with Crippen LogP contribution in [0.4, 0.5) is 0 Å². The maximum atomic E-state index is 12.5. The van der Waals surface area contributed by atoms with E-state index >= 15 is 0 Å². The molecule has 0 atom stereocenters. The molecular formula is C15H20N2O2S. The van der Waals surface area contributed by atoms with Crippen LogP contribution in [0.1, 0.15) is 40.9 Å². The van der Waals surface area contributed by atoms with Crippen molar-refractivity contribution in [3.63, 3.8) is 0 Å². The van der Waals surface area contributed by atoms with Crippen molar-refractivity contribution in [2.75, 3.05) is 24.6 Å². The first-order chi connectivity index (χ1) is 9.75. The molecule has 1 saturated heterocycles. The van der Waals surface area contributed by atoms with Crippen LogP contribution in [0.5, 0.6) is 0 Å². The van der Waals surface area contributed by atoms with Crippen molar-refractivity contribution in [1.82, 2.24) is 9.88 Å². The Balaban J connectivity index is 1.91. The number of carbonyl (C=O) groups excluding carboxylic acids is 1. The van der Waals surface area contributed by atoms with Gasteiger partial charge in [0.1, 0.15) is 5.56 Å². The molecule has 2 aliphatic rings. The van der Waals surface area contributed by atoms with E-state index in [4.69, 9.17) is 0 Å². The molecule has 0 bridgehead atoms. The van der Waals surface area contributed by atoms with Crippen LogP contribution in [0.25, 0.3) is 0 Å². The quantitative estimate of drug-likeness (QED) is 0.804. The van der Waals surface area contributed by atoms with Crippen LogP contribution < -0.4 is 5.56 Å². The van der Waals surface area contributed by atoms with Gasteiger partial charge in [-0.15, -0.1) is 0 Å². The molecule has 4 nitrogen and oxygen atoms in total. The topological polar surface area (TPSA) is 53.2 Å². The number of nitrogens with one attached hydrogen (secondary N) is 1. The predicted molar refractivity (Wildman–Crippen MR) is 81.6 cm³/mol. The van der Waals surface area contributed by atoms with Gasteiger partial charge in [0, 0.05) is 30.3 Å². The summed E-state index contributed by atoms with van der Waals surface area (Å²) in [5.41, 5.74) is 2.32. The lowest BCUT2D eigenvalue weighted by Crippen LogP contribution is -2.40. The summed E-state index contributed by atoms with van der Waals surface area (Å²) in [5, 5.41) is 0. The molecule has 3 rings (SSSR count). The lowest BCUT2D eigenvalue weighted by atomic mass is 10.1. The van der Waals surface area contributed by atoms with E-state index in [1.54, 1.807) is 0 Å². The van der Waals surface area contributed by atoms with Gasteiger partial charge < -0.3 is 9.88 Å². The van der Waals surface area contributed by atoms with Gasteiger partial charge in [-0.2, -0.15) is 11.8 Å². The molecule has 108 valence electrons. The lowest BCUT2D eigenvalue weighted by molar-refractivity contribution is 0.0770. The molecule has 1 N–H and O–H groups in total. The zero-order chi connectivity index (χ0) is 13.9. The molecule has 0 aromatic carbocycles. The Hall–Kier alpha value is -1.23. The fraction of sp³-hybridized carbons (Fsp3) is 0.600. The lowest BCUT2D eigenvalue weighted by Gasteiger charge is -2.26. The smallest absolute Gasteiger partial charge is 0.261 e. The Labute approximate surface area is 122 Å². The maximum absolute atomic E-state index is 12.5. The van der Waals surface area contributed by atoms with E-state index in [2.05, 4.69) is 4.98 Å². The summed E-state index contributed by atoms with van der Waals surface area (Å²) < 4.78 is 0. The van der Waals surface area contributed by atoms with Gasteiger partial charge in [0.2, 0.25) is 0 Å². The number of amides is 1. The number of nitrogens with zero attached hydrogens (tertiary/aromatic N) is 1. The molecule has 1 aromatic rings. The maximum Gasteiger partial charge on any atom is 0.261 e. The highest BCUT2D eigenvalue weighted by Crippen LogP contribution is 2.19. The van der Waals surface area contributed by atoms with Crippen molar-refractivity contribution in [2.45, 2.75) is 32.1 Å². The zero-order valence-corrected chi connectivity index (χ0v) is 12.4. The highest BCUT2D eigenvalue weighted by molar-refractivity contribution is 7.99. The van der Waals surface area contributed by atoms with E-state index in [1.165, 1.54) is 6.42 Å². The molecule has 1 aliphatic carbocycles. The summed E-state index contributed by atoms with van der Waals surface area (Å²) in [4.78, 5) is 29.4. The Morgan fingerprint density at radius 3 is 2.70 bits per heavy atom. The monoisotopic (exact) mass is 292 g/mol. The third-order valence-corrected chi connectivity index (χ3v) is 5.06. The average molecular weight is 292 g/mol. The molecule has 0 spiro atoms. The number of carbonyl (C=O) groups is 1. The fourth-order valence-corrected chi connectivity index (χ4v) is 3.85. The Morgan fingerprint density at radius 1 is 1.15 bits per heavy atom. The number of aromatic amines is 1. The molecule has 1 aromatic heterocycles. The van der Waals surface area contributed by atoms with Gasteiger partial charge in [0.15, 0.2) is 0 Å². The van der Waals surface area contributed by atoms with Crippen molar-refractivity contribution in [2.24, 2.45) is 0 Å². The number of fused-ring (bicyclic) bond motifs is 1. The standard InChI is InChI=1S/C15H20N2O2S/c18-14-12(15(19)17-6-8-20-9-7-17)10-11-4-2-1-3-5-13(11)16-14/h10H,1-9H2,(H,16,18). The third kappa shape index (κ3) is 2.77. The van der Waals surface area contributed by atoms with Crippen molar-refractivity contribution >= 4 is 17.7 Å². The van der Waals surface area contributed by atoms with Crippen molar-refractivity contribution in [1.29, 1.82) is 0 Å². The number of hydrogen-bond donors (Lipinski definition) is 1. The first kappa shape index (κ1) is 13.7. The summed E-state index contributed by atoms with van der Waals surface area (Å²) >= 11 is 1.86. The fourth-order valence-electron chi connectivity index (χ4n) is 2.95. The van der Waals surface area contributed by atoms with Crippen LogP contribution in [-0.4, -0.2) is 40.4 Å². The molecule has 1 fully saturated rings. The van der Waals surface area contributed by atoms with E-state index in [-0.39, 0.29) is 11.5 Å². The Kier molecular flexibility index (Phi) is 4.15. The van der Waals surface area contributed by atoms with Gasteiger partial charge >= 0.3 is 0 Å². The zero-order valence-electron chi connectivity index (χ0n) is 11.6. The summed E-state index contributed by atoms with van der Waals surface area (Å²) in [6, 6.07) is 1.85. The number of aromatic nitrogens is 1. The van der Waals surface area contributed by atoms with E-state index in [0.717, 1.165) is 61.5 Å². The second-order valence-electron chi connectivity index (χ2n) is 5.48. The second kappa shape index (κ2) is 6.04. The number of aryl methyl sites for hydroxylation is 2. The number of pyridine rings is 1. The Morgan fingerprint density at radius 2 is 1.90 bits per heavy atom. The van der Waals surface area contributed by atoms with E-state index in [9.17, 15) is 9.59 Å². The number of thioether (sulfide) groups is 1. The summed E-state index contributed by atoms with van der Waals surface area (Å²) in [6.45, 7) is 1.50. The van der Waals surface area contributed by atoms with Crippen molar-refractivity contribution < 1.29 is 4.79 Å². The molecule has 2 heterocycles. The largest absolute Gasteiger partial charge is 0.337 e. The molecular weight excluding hydrogens is 272 g/mol. The normalized spacial score (nSPS) is 19.3. The minimum absolute atomic E-state index is 0.0985. The molecule has 0 saturated carbocycles. The first-order valence-electron chi connectivity index (χ1n) is 7.38. The van der Waals surface area contributed by atoms with E-state index in [1.807, 2.05) is 22.7 Å². The first-order valence-corrected chi connectivity index (χ1v) is 8.53. The van der Waals surface area contributed by atoms with Gasteiger partial charge in [-0.1, -0.05) is 6.42 Å². The average Bonchev–Trinajstić information content (AvgIpc) is 2.71.